The number of nitrogens with one attached hydrogen (secondary N) is 1. The summed E-state index contributed by atoms with van der Waals surface area (Å²) in [5, 5.41) is 11.7. The van der Waals surface area contributed by atoms with Crippen LogP contribution in [0.3, 0.4) is 0 Å². The summed E-state index contributed by atoms with van der Waals surface area (Å²) in [6.45, 7) is 3.77. The first kappa shape index (κ1) is 11.2. The highest BCUT2D eigenvalue weighted by Crippen LogP contribution is 2.25. The number of nitrogens with zero attached hydrogens (tertiary/aromatic N) is 2. The molecule has 0 amide bonds. The summed E-state index contributed by atoms with van der Waals surface area (Å²) in [5.74, 6) is 2.60. The molecule has 0 spiro atoms. The third-order valence-corrected chi connectivity index (χ3v) is 3.68. The molecule has 2 aliphatic rings. The zero-order chi connectivity index (χ0) is 11.5. The average molecular weight is 237 g/mol. The minimum Gasteiger partial charge on any atom is -0.425 e. The molecule has 0 saturated carbocycles. The Morgan fingerprint density at radius 3 is 2.82 bits per heavy atom. The molecule has 0 bridgehead atoms. The lowest BCUT2D eigenvalue weighted by Gasteiger charge is -2.20. The monoisotopic (exact) mass is 237 g/mol. The zero-order valence-corrected chi connectivity index (χ0v) is 10.0. The minimum absolute atomic E-state index is 0.323. The van der Waals surface area contributed by atoms with Crippen LogP contribution in [0.4, 0.5) is 0 Å². The molecule has 2 aliphatic heterocycles. The summed E-state index contributed by atoms with van der Waals surface area (Å²) in [6.07, 6.45) is 4.37. The third kappa shape index (κ3) is 2.66. The van der Waals surface area contributed by atoms with Gasteiger partial charge in [-0.2, -0.15) is 0 Å². The first-order valence-corrected chi connectivity index (χ1v) is 6.52. The Hall–Kier alpha value is -0.940. The van der Waals surface area contributed by atoms with Crippen LogP contribution in [0.25, 0.3) is 0 Å². The van der Waals surface area contributed by atoms with E-state index in [4.69, 9.17) is 9.15 Å². The highest BCUT2D eigenvalue weighted by molar-refractivity contribution is 4.94. The van der Waals surface area contributed by atoms with Crippen molar-refractivity contribution in [3.05, 3.63) is 11.8 Å². The number of aromatic nitrogens is 2. The molecule has 3 heterocycles. The lowest BCUT2D eigenvalue weighted by atomic mass is 9.95. The smallest absolute Gasteiger partial charge is 0.222 e. The predicted molar refractivity (Wildman–Crippen MR) is 61.8 cm³/mol. The number of piperidine rings is 1. The van der Waals surface area contributed by atoms with Crippen LogP contribution in [0, 0.1) is 5.92 Å². The average Bonchev–Trinajstić information content (AvgIpc) is 3.00. The van der Waals surface area contributed by atoms with Crippen molar-refractivity contribution in [1.82, 2.24) is 15.5 Å². The number of ether oxygens (including phenoxy) is 1. The predicted octanol–water partition coefficient (Wildman–Crippen LogP) is 1.12. The van der Waals surface area contributed by atoms with Gasteiger partial charge in [0.25, 0.3) is 0 Å². The van der Waals surface area contributed by atoms with Crippen LogP contribution in [0.1, 0.15) is 37.0 Å². The SMILES string of the molecule is C1CC(Cc2nnc(C3CCOC3)o2)CCN1. The molecular formula is C12H19N3O2. The summed E-state index contributed by atoms with van der Waals surface area (Å²) in [5.41, 5.74) is 0. The summed E-state index contributed by atoms with van der Waals surface area (Å²) in [6, 6.07) is 0. The van der Waals surface area contributed by atoms with Crippen LogP contribution >= 0.6 is 0 Å². The number of hydrogen-bond acceptors (Lipinski definition) is 5. The lowest BCUT2D eigenvalue weighted by molar-refractivity contribution is 0.190. The molecule has 2 fully saturated rings. The summed E-state index contributed by atoms with van der Waals surface area (Å²) < 4.78 is 11.1. The van der Waals surface area contributed by atoms with Gasteiger partial charge in [-0.15, -0.1) is 10.2 Å². The van der Waals surface area contributed by atoms with Gasteiger partial charge in [0.05, 0.1) is 12.5 Å². The van der Waals surface area contributed by atoms with E-state index in [-0.39, 0.29) is 0 Å². The van der Waals surface area contributed by atoms with Gasteiger partial charge in [0.1, 0.15) is 0 Å². The Morgan fingerprint density at radius 1 is 1.18 bits per heavy atom. The van der Waals surface area contributed by atoms with E-state index < -0.39 is 0 Å². The quantitative estimate of drug-likeness (QED) is 0.853. The van der Waals surface area contributed by atoms with Gasteiger partial charge < -0.3 is 14.5 Å². The van der Waals surface area contributed by atoms with Gasteiger partial charge in [0.2, 0.25) is 11.8 Å². The molecule has 2 saturated heterocycles. The molecule has 0 aromatic carbocycles. The largest absolute Gasteiger partial charge is 0.425 e. The maximum atomic E-state index is 5.75. The van der Waals surface area contributed by atoms with E-state index in [1.165, 1.54) is 12.8 Å². The first-order chi connectivity index (χ1) is 8.42. The Balaban J connectivity index is 1.59. The molecule has 1 atom stereocenters. The molecule has 1 unspecified atom stereocenters. The fourth-order valence-electron chi connectivity index (χ4n) is 2.58. The van der Waals surface area contributed by atoms with Crippen molar-refractivity contribution in [1.29, 1.82) is 0 Å². The topological polar surface area (TPSA) is 60.2 Å². The standard InChI is InChI=1S/C12H19N3O2/c1-4-13-5-2-9(1)7-11-14-15-12(17-11)10-3-6-16-8-10/h9-10,13H,1-8H2. The second kappa shape index (κ2) is 5.14. The van der Waals surface area contributed by atoms with E-state index >= 15 is 0 Å². The molecule has 5 heteroatoms. The van der Waals surface area contributed by atoms with E-state index in [9.17, 15) is 0 Å². The lowest BCUT2D eigenvalue weighted by Crippen LogP contribution is -2.28. The summed E-state index contributed by atoms with van der Waals surface area (Å²) in [7, 11) is 0. The highest BCUT2D eigenvalue weighted by atomic mass is 16.5. The van der Waals surface area contributed by atoms with E-state index in [1.54, 1.807) is 0 Å². The zero-order valence-electron chi connectivity index (χ0n) is 10.0. The van der Waals surface area contributed by atoms with Crippen molar-refractivity contribution in [2.45, 2.75) is 31.6 Å². The summed E-state index contributed by atoms with van der Waals surface area (Å²) >= 11 is 0. The van der Waals surface area contributed by atoms with Crippen LogP contribution < -0.4 is 5.32 Å². The third-order valence-electron chi connectivity index (χ3n) is 3.68. The maximum Gasteiger partial charge on any atom is 0.222 e. The van der Waals surface area contributed by atoms with Crippen LogP contribution in [-0.2, 0) is 11.2 Å². The highest BCUT2D eigenvalue weighted by Gasteiger charge is 2.24. The first-order valence-electron chi connectivity index (χ1n) is 6.52. The van der Waals surface area contributed by atoms with Crippen molar-refractivity contribution in [2.75, 3.05) is 26.3 Å². The van der Waals surface area contributed by atoms with Crippen molar-refractivity contribution in [2.24, 2.45) is 5.92 Å². The molecule has 0 aliphatic carbocycles. The van der Waals surface area contributed by atoms with E-state index in [0.717, 1.165) is 50.9 Å². The Morgan fingerprint density at radius 2 is 2.06 bits per heavy atom. The molecule has 1 N–H and O–H groups in total. The summed E-state index contributed by atoms with van der Waals surface area (Å²) in [4.78, 5) is 0. The van der Waals surface area contributed by atoms with Gasteiger partial charge >= 0.3 is 0 Å². The van der Waals surface area contributed by atoms with Gasteiger partial charge in [0, 0.05) is 13.0 Å². The molecule has 0 radical (unpaired) electrons. The number of hydrogen-bond donors (Lipinski definition) is 1. The van der Waals surface area contributed by atoms with Crippen molar-refractivity contribution < 1.29 is 9.15 Å². The molecule has 94 valence electrons. The molecule has 17 heavy (non-hydrogen) atoms. The van der Waals surface area contributed by atoms with Gasteiger partial charge in [0.15, 0.2) is 0 Å². The van der Waals surface area contributed by atoms with Crippen LogP contribution in [0.15, 0.2) is 4.42 Å². The van der Waals surface area contributed by atoms with Crippen molar-refractivity contribution in [3.8, 4) is 0 Å². The van der Waals surface area contributed by atoms with Crippen molar-refractivity contribution in [3.63, 3.8) is 0 Å². The van der Waals surface area contributed by atoms with Crippen molar-refractivity contribution >= 4 is 0 Å². The Labute approximate surface area is 101 Å². The normalized spacial score (nSPS) is 26.5. The minimum atomic E-state index is 0.323. The van der Waals surface area contributed by atoms with Crippen LogP contribution in [-0.4, -0.2) is 36.5 Å². The molecular weight excluding hydrogens is 218 g/mol. The maximum absolute atomic E-state index is 5.75. The second-order valence-corrected chi connectivity index (χ2v) is 4.99. The Kier molecular flexibility index (Phi) is 3.38. The Bertz CT molecular complexity index is 354. The molecule has 1 aromatic rings. The van der Waals surface area contributed by atoms with E-state index in [0.29, 0.717) is 11.8 Å². The fraction of sp³-hybridized carbons (Fsp3) is 0.833. The second-order valence-electron chi connectivity index (χ2n) is 4.99. The van der Waals surface area contributed by atoms with E-state index in [1.807, 2.05) is 0 Å². The molecule has 5 nitrogen and oxygen atoms in total. The van der Waals surface area contributed by atoms with Gasteiger partial charge in [-0.3, -0.25) is 0 Å². The fourth-order valence-corrected chi connectivity index (χ4v) is 2.58. The van der Waals surface area contributed by atoms with Crippen LogP contribution in [0.5, 0.6) is 0 Å². The van der Waals surface area contributed by atoms with E-state index in [2.05, 4.69) is 15.5 Å². The molecule has 3 rings (SSSR count). The number of rotatable bonds is 3. The van der Waals surface area contributed by atoms with Crippen LogP contribution in [0.2, 0.25) is 0 Å². The van der Waals surface area contributed by atoms with Gasteiger partial charge in [-0.1, -0.05) is 0 Å². The molecule has 1 aromatic heterocycles. The van der Waals surface area contributed by atoms with Gasteiger partial charge in [-0.25, -0.2) is 0 Å². The van der Waals surface area contributed by atoms with Gasteiger partial charge in [-0.05, 0) is 38.3 Å².